The number of hydrogen-bond acceptors (Lipinski definition) is 3. The molecule has 1 saturated heterocycles. The van der Waals surface area contributed by atoms with Crippen LogP contribution in [0.5, 0.6) is 5.75 Å². The third kappa shape index (κ3) is 4.00. The summed E-state index contributed by atoms with van der Waals surface area (Å²) in [5.41, 5.74) is 1.37. The van der Waals surface area contributed by atoms with Gasteiger partial charge in [0.2, 0.25) is 0 Å². The topological polar surface area (TPSA) is 30.5 Å². The Hall–Kier alpha value is -1.06. The summed E-state index contributed by atoms with van der Waals surface area (Å²) in [5.74, 6) is 0.955. The Labute approximate surface area is 109 Å². The minimum atomic E-state index is 0.236. The van der Waals surface area contributed by atoms with Crippen LogP contribution in [0, 0.1) is 0 Å². The molecule has 1 aliphatic heterocycles. The van der Waals surface area contributed by atoms with E-state index >= 15 is 0 Å². The van der Waals surface area contributed by atoms with E-state index in [0.29, 0.717) is 6.04 Å². The molecule has 18 heavy (non-hydrogen) atoms. The lowest BCUT2D eigenvalue weighted by atomic mass is 10.1. The molecule has 2 atom stereocenters. The summed E-state index contributed by atoms with van der Waals surface area (Å²) in [7, 11) is 2.01. The molecule has 100 valence electrons. The van der Waals surface area contributed by atoms with Gasteiger partial charge in [-0.3, -0.25) is 0 Å². The van der Waals surface area contributed by atoms with Gasteiger partial charge in [-0.2, -0.15) is 0 Å². The van der Waals surface area contributed by atoms with Crippen LogP contribution in [-0.4, -0.2) is 32.4 Å². The van der Waals surface area contributed by atoms with Crippen LogP contribution < -0.4 is 10.1 Å². The molecule has 1 aromatic carbocycles. The lowest BCUT2D eigenvalue weighted by Crippen LogP contribution is -2.21. The average Bonchev–Trinajstić information content (AvgIpc) is 2.90. The summed E-state index contributed by atoms with van der Waals surface area (Å²) >= 11 is 0. The predicted octanol–water partition coefficient (Wildman–Crippen LogP) is 2.39. The van der Waals surface area contributed by atoms with Crippen molar-refractivity contribution in [2.75, 3.05) is 20.3 Å². The molecule has 2 unspecified atom stereocenters. The predicted molar refractivity (Wildman–Crippen MR) is 73.1 cm³/mol. The van der Waals surface area contributed by atoms with E-state index in [1.165, 1.54) is 5.56 Å². The van der Waals surface area contributed by atoms with Crippen molar-refractivity contribution in [3.8, 4) is 5.75 Å². The quantitative estimate of drug-likeness (QED) is 0.839. The van der Waals surface area contributed by atoms with Gasteiger partial charge in [0.05, 0.1) is 13.2 Å². The Kier molecular flexibility index (Phi) is 5.02. The van der Waals surface area contributed by atoms with Gasteiger partial charge in [0.1, 0.15) is 11.9 Å². The number of rotatable bonds is 6. The number of benzene rings is 1. The van der Waals surface area contributed by atoms with Gasteiger partial charge in [-0.05, 0) is 44.5 Å². The molecule has 0 saturated carbocycles. The van der Waals surface area contributed by atoms with Gasteiger partial charge in [-0.25, -0.2) is 0 Å². The molecule has 0 bridgehead atoms. The average molecular weight is 249 g/mol. The van der Waals surface area contributed by atoms with Crippen molar-refractivity contribution in [3.63, 3.8) is 0 Å². The normalized spacial score (nSPS) is 20.9. The number of nitrogens with one attached hydrogen (secondary N) is 1. The summed E-state index contributed by atoms with van der Waals surface area (Å²) in [4.78, 5) is 0. The van der Waals surface area contributed by atoms with E-state index < -0.39 is 0 Å². The summed E-state index contributed by atoms with van der Waals surface area (Å²) in [6, 6.07) is 9.02. The molecule has 3 heteroatoms. The molecule has 0 radical (unpaired) electrons. The van der Waals surface area contributed by atoms with Gasteiger partial charge in [0, 0.05) is 12.5 Å². The monoisotopic (exact) mass is 249 g/mol. The third-order valence-corrected chi connectivity index (χ3v) is 3.47. The highest BCUT2D eigenvalue weighted by Crippen LogP contribution is 2.18. The molecular formula is C15H23NO2. The molecule has 0 aromatic heterocycles. The van der Waals surface area contributed by atoms with Crippen molar-refractivity contribution in [1.29, 1.82) is 0 Å². The fourth-order valence-electron chi connectivity index (χ4n) is 2.06. The molecule has 1 N–H and O–H groups in total. The smallest absolute Gasteiger partial charge is 0.124 e. The van der Waals surface area contributed by atoms with Gasteiger partial charge in [0.15, 0.2) is 0 Å². The number of hydrogen-bond donors (Lipinski definition) is 1. The molecule has 2 rings (SSSR count). The second-order valence-electron chi connectivity index (χ2n) is 4.98. The first-order valence-electron chi connectivity index (χ1n) is 6.78. The maximum absolute atomic E-state index is 5.84. The van der Waals surface area contributed by atoms with E-state index in [-0.39, 0.29) is 6.10 Å². The van der Waals surface area contributed by atoms with E-state index in [1.807, 2.05) is 7.05 Å². The van der Waals surface area contributed by atoms with Crippen molar-refractivity contribution >= 4 is 0 Å². The Morgan fingerprint density at radius 1 is 1.39 bits per heavy atom. The van der Waals surface area contributed by atoms with E-state index in [0.717, 1.165) is 38.2 Å². The van der Waals surface area contributed by atoms with Crippen molar-refractivity contribution in [1.82, 2.24) is 5.32 Å². The third-order valence-electron chi connectivity index (χ3n) is 3.47. The largest absolute Gasteiger partial charge is 0.488 e. The van der Waals surface area contributed by atoms with Crippen molar-refractivity contribution in [2.24, 2.45) is 0 Å². The van der Waals surface area contributed by atoms with Gasteiger partial charge in [-0.1, -0.05) is 12.1 Å². The maximum atomic E-state index is 5.84. The van der Waals surface area contributed by atoms with E-state index in [9.17, 15) is 0 Å². The van der Waals surface area contributed by atoms with E-state index in [2.05, 4.69) is 36.5 Å². The molecule has 0 spiro atoms. The lowest BCUT2D eigenvalue weighted by molar-refractivity contribution is 0.141. The maximum Gasteiger partial charge on any atom is 0.124 e. The lowest BCUT2D eigenvalue weighted by Gasteiger charge is -2.13. The minimum Gasteiger partial charge on any atom is -0.488 e. The van der Waals surface area contributed by atoms with Crippen LogP contribution in [0.15, 0.2) is 24.3 Å². The molecule has 3 nitrogen and oxygen atoms in total. The molecule has 1 aliphatic rings. The van der Waals surface area contributed by atoms with Crippen LogP contribution in [0.3, 0.4) is 0 Å². The van der Waals surface area contributed by atoms with Crippen LogP contribution in [0.1, 0.15) is 25.3 Å². The van der Waals surface area contributed by atoms with Gasteiger partial charge in [0.25, 0.3) is 0 Å². The SMILES string of the molecule is CNC(C)CCc1ccc(OC2CCOC2)cc1. The number of ether oxygens (including phenoxy) is 2. The standard InChI is InChI=1S/C15H23NO2/c1-12(16-2)3-4-13-5-7-14(8-6-13)18-15-9-10-17-11-15/h5-8,12,15-16H,3-4,9-11H2,1-2H3. The van der Waals surface area contributed by atoms with Crippen LogP contribution >= 0.6 is 0 Å². The Balaban J connectivity index is 1.81. The zero-order valence-electron chi connectivity index (χ0n) is 11.3. The first-order chi connectivity index (χ1) is 8.78. The first-order valence-corrected chi connectivity index (χ1v) is 6.78. The summed E-state index contributed by atoms with van der Waals surface area (Å²) in [6.45, 7) is 3.75. The highest BCUT2D eigenvalue weighted by Gasteiger charge is 2.16. The number of aryl methyl sites for hydroxylation is 1. The van der Waals surface area contributed by atoms with Crippen molar-refractivity contribution in [2.45, 2.75) is 38.3 Å². The van der Waals surface area contributed by atoms with E-state index in [1.54, 1.807) is 0 Å². The molecule has 0 aliphatic carbocycles. The fourth-order valence-corrected chi connectivity index (χ4v) is 2.06. The fraction of sp³-hybridized carbons (Fsp3) is 0.600. The Morgan fingerprint density at radius 3 is 2.78 bits per heavy atom. The van der Waals surface area contributed by atoms with Crippen LogP contribution in [-0.2, 0) is 11.2 Å². The summed E-state index contributed by atoms with van der Waals surface area (Å²) in [5, 5.41) is 3.26. The molecular weight excluding hydrogens is 226 g/mol. The first kappa shape index (κ1) is 13.4. The summed E-state index contributed by atoms with van der Waals surface area (Å²) in [6.07, 6.45) is 3.50. The second kappa shape index (κ2) is 6.76. The second-order valence-corrected chi connectivity index (χ2v) is 4.98. The molecule has 0 amide bonds. The van der Waals surface area contributed by atoms with Gasteiger partial charge >= 0.3 is 0 Å². The van der Waals surface area contributed by atoms with Crippen LogP contribution in [0.25, 0.3) is 0 Å². The van der Waals surface area contributed by atoms with Crippen molar-refractivity contribution in [3.05, 3.63) is 29.8 Å². The highest BCUT2D eigenvalue weighted by molar-refractivity contribution is 5.27. The Bertz CT molecular complexity index is 344. The van der Waals surface area contributed by atoms with Gasteiger partial charge in [-0.15, -0.1) is 0 Å². The molecule has 1 fully saturated rings. The van der Waals surface area contributed by atoms with Crippen LogP contribution in [0.2, 0.25) is 0 Å². The minimum absolute atomic E-state index is 0.236. The summed E-state index contributed by atoms with van der Waals surface area (Å²) < 4.78 is 11.1. The van der Waals surface area contributed by atoms with Gasteiger partial charge < -0.3 is 14.8 Å². The Morgan fingerprint density at radius 2 is 2.17 bits per heavy atom. The zero-order chi connectivity index (χ0) is 12.8. The van der Waals surface area contributed by atoms with Crippen molar-refractivity contribution < 1.29 is 9.47 Å². The zero-order valence-corrected chi connectivity index (χ0v) is 11.3. The molecule has 1 heterocycles. The van der Waals surface area contributed by atoms with Crippen LogP contribution in [0.4, 0.5) is 0 Å². The highest BCUT2D eigenvalue weighted by atomic mass is 16.5. The molecule has 1 aromatic rings. The van der Waals surface area contributed by atoms with E-state index in [4.69, 9.17) is 9.47 Å².